The molecular weight excluding hydrogens is 445 g/mol. The van der Waals surface area contributed by atoms with Crippen molar-refractivity contribution in [2.24, 2.45) is 0 Å². The predicted molar refractivity (Wildman–Crippen MR) is 134 cm³/mol. The standard InChI is InChI=1S/C29H28FNO4/c1-3-4-7-18-35-22-16-12-20(13-17-22)27(32)25-26(23-8-5-6-9-24(23)30)31(29(34)28(25)33)21-14-10-19(2)11-15-21/h5-6,8-17,26,32H,3-4,7,18H2,1-2H3/b27-25-. The van der Waals surface area contributed by atoms with Crippen molar-refractivity contribution in [2.75, 3.05) is 11.5 Å². The summed E-state index contributed by atoms with van der Waals surface area (Å²) in [6.45, 7) is 4.62. The Morgan fingerprint density at radius 3 is 2.31 bits per heavy atom. The number of hydrogen-bond acceptors (Lipinski definition) is 4. The van der Waals surface area contributed by atoms with Crippen LogP contribution in [0.4, 0.5) is 10.1 Å². The lowest BCUT2D eigenvalue weighted by Gasteiger charge is -2.25. The fraction of sp³-hybridized carbons (Fsp3) is 0.241. The van der Waals surface area contributed by atoms with Crippen molar-refractivity contribution >= 4 is 23.1 Å². The number of hydrogen-bond donors (Lipinski definition) is 1. The maximum Gasteiger partial charge on any atom is 0.300 e. The second kappa shape index (κ2) is 10.6. The first-order valence-electron chi connectivity index (χ1n) is 11.8. The van der Waals surface area contributed by atoms with E-state index in [-0.39, 0.29) is 16.9 Å². The Balaban J connectivity index is 1.76. The number of aliphatic hydroxyl groups excluding tert-OH is 1. The fourth-order valence-electron chi connectivity index (χ4n) is 4.20. The molecule has 0 saturated carbocycles. The van der Waals surface area contributed by atoms with Crippen LogP contribution in [0.2, 0.25) is 0 Å². The lowest BCUT2D eigenvalue weighted by atomic mass is 9.94. The van der Waals surface area contributed by atoms with Crippen molar-refractivity contribution < 1.29 is 23.8 Å². The maximum atomic E-state index is 14.9. The van der Waals surface area contributed by atoms with E-state index in [1.165, 1.54) is 23.1 Å². The van der Waals surface area contributed by atoms with E-state index in [4.69, 9.17) is 4.74 Å². The van der Waals surface area contributed by atoms with Crippen LogP contribution in [-0.2, 0) is 9.59 Å². The van der Waals surface area contributed by atoms with E-state index in [0.29, 0.717) is 23.6 Å². The zero-order valence-electron chi connectivity index (χ0n) is 19.8. The molecule has 1 saturated heterocycles. The van der Waals surface area contributed by atoms with Gasteiger partial charge < -0.3 is 9.84 Å². The molecule has 1 aliphatic rings. The third kappa shape index (κ3) is 4.97. The van der Waals surface area contributed by atoms with Gasteiger partial charge in [-0.2, -0.15) is 0 Å². The summed E-state index contributed by atoms with van der Waals surface area (Å²) in [6.07, 6.45) is 3.12. The summed E-state index contributed by atoms with van der Waals surface area (Å²) < 4.78 is 20.7. The lowest BCUT2D eigenvalue weighted by molar-refractivity contribution is -0.132. The summed E-state index contributed by atoms with van der Waals surface area (Å²) >= 11 is 0. The molecule has 1 atom stereocenters. The number of amides is 1. The van der Waals surface area contributed by atoms with Gasteiger partial charge in [0, 0.05) is 16.8 Å². The van der Waals surface area contributed by atoms with Gasteiger partial charge in [-0.1, -0.05) is 55.7 Å². The number of ether oxygens (including phenoxy) is 1. The van der Waals surface area contributed by atoms with E-state index in [9.17, 15) is 19.1 Å². The monoisotopic (exact) mass is 473 g/mol. The average molecular weight is 474 g/mol. The van der Waals surface area contributed by atoms with Crippen LogP contribution < -0.4 is 9.64 Å². The molecule has 1 unspecified atom stereocenters. The molecule has 3 aromatic rings. The Hall–Kier alpha value is -3.93. The highest BCUT2D eigenvalue weighted by Gasteiger charge is 2.47. The lowest BCUT2D eigenvalue weighted by Crippen LogP contribution is -2.29. The van der Waals surface area contributed by atoms with E-state index in [1.807, 2.05) is 19.1 Å². The number of unbranched alkanes of at least 4 members (excludes halogenated alkanes) is 2. The van der Waals surface area contributed by atoms with E-state index >= 15 is 0 Å². The van der Waals surface area contributed by atoms with Gasteiger partial charge in [0.15, 0.2) is 0 Å². The molecule has 1 N–H and O–H groups in total. The van der Waals surface area contributed by atoms with Crippen LogP contribution in [0, 0.1) is 12.7 Å². The molecule has 4 rings (SSSR count). The average Bonchev–Trinajstić information content (AvgIpc) is 3.13. The molecule has 0 spiro atoms. The number of benzene rings is 3. The molecule has 1 fully saturated rings. The van der Waals surface area contributed by atoms with Crippen LogP contribution in [-0.4, -0.2) is 23.4 Å². The molecule has 180 valence electrons. The van der Waals surface area contributed by atoms with Gasteiger partial charge in [-0.05, 0) is 55.8 Å². The number of carbonyl (C=O) groups excluding carboxylic acids is 2. The summed E-state index contributed by atoms with van der Waals surface area (Å²) in [5.74, 6) is -1.97. The van der Waals surface area contributed by atoms with Crippen LogP contribution in [0.1, 0.15) is 48.9 Å². The van der Waals surface area contributed by atoms with Gasteiger partial charge in [-0.3, -0.25) is 14.5 Å². The number of rotatable bonds is 8. The first-order chi connectivity index (χ1) is 16.9. The smallest absolute Gasteiger partial charge is 0.300 e. The van der Waals surface area contributed by atoms with Crippen molar-refractivity contribution in [3.05, 3.63) is 101 Å². The molecule has 1 heterocycles. The summed E-state index contributed by atoms with van der Waals surface area (Å²) in [5.41, 5.74) is 1.74. The first kappa shape index (κ1) is 24.2. The molecule has 0 radical (unpaired) electrons. The Bertz CT molecular complexity index is 1250. The minimum absolute atomic E-state index is 0.129. The predicted octanol–water partition coefficient (Wildman–Crippen LogP) is 6.33. The summed E-state index contributed by atoms with van der Waals surface area (Å²) in [4.78, 5) is 27.6. The van der Waals surface area contributed by atoms with Gasteiger partial charge in [0.2, 0.25) is 0 Å². The number of halogens is 1. The number of Topliss-reactive ketones (excluding diaryl/α,β-unsaturated/α-hetero) is 1. The van der Waals surface area contributed by atoms with E-state index in [0.717, 1.165) is 24.8 Å². The number of anilines is 1. The molecule has 0 bridgehead atoms. The summed E-state index contributed by atoms with van der Waals surface area (Å²) in [5, 5.41) is 11.2. The highest BCUT2D eigenvalue weighted by atomic mass is 19.1. The topological polar surface area (TPSA) is 66.8 Å². The van der Waals surface area contributed by atoms with Gasteiger partial charge in [-0.25, -0.2) is 4.39 Å². The van der Waals surface area contributed by atoms with Gasteiger partial charge in [0.05, 0.1) is 18.2 Å². The molecule has 1 aliphatic heterocycles. The number of aliphatic hydroxyl groups is 1. The van der Waals surface area contributed by atoms with Crippen molar-refractivity contribution in [3.63, 3.8) is 0 Å². The van der Waals surface area contributed by atoms with Gasteiger partial charge >= 0.3 is 0 Å². The SMILES string of the molecule is CCCCCOc1ccc(/C(O)=C2/C(=O)C(=O)N(c3ccc(C)cc3)C2c2ccccc2F)cc1. The molecular formula is C29H28FNO4. The fourth-order valence-corrected chi connectivity index (χ4v) is 4.20. The Kier molecular flexibility index (Phi) is 7.30. The minimum Gasteiger partial charge on any atom is -0.507 e. The summed E-state index contributed by atoms with van der Waals surface area (Å²) in [6, 6.07) is 18.6. The summed E-state index contributed by atoms with van der Waals surface area (Å²) in [7, 11) is 0. The van der Waals surface area contributed by atoms with Gasteiger partial charge in [0.1, 0.15) is 17.3 Å². The van der Waals surface area contributed by atoms with Crippen molar-refractivity contribution in [1.29, 1.82) is 0 Å². The zero-order chi connectivity index (χ0) is 24.9. The highest BCUT2D eigenvalue weighted by Crippen LogP contribution is 2.43. The number of nitrogens with zero attached hydrogens (tertiary/aromatic N) is 1. The molecule has 1 amide bonds. The van der Waals surface area contributed by atoms with E-state index in [1.54, 1.807) is 42.5 Å². The quantitative estimate of drug-likeness (QED) is 0.180. The van der Waals surface area contributed by atoms with Crippen LogP contribution >= 0.6 is 0 Å². The van der Waals surface area contributed by atoms with Crippen LogP contribution in [0.15, 0.2) is 78.4 Å². The third-order valence-corrected chi connectivity index (χ3v) is 6.10. The van der Waals surface area contributed by atoms with Crippen molar-refractivity contribution in [3.8, 4) is 5.75 Å². The van der Waals surface area contributed by atoms with Crippen LogP contribution in [0.25, 0.3) is 5.76 Å². The van der Waals surface area contributed by atoms with Crippen LogP contribution in [0.5, 0.6) is 5.75 Å². The first-order valence-corrected chi connectivity index (χ1v) is 11.8. The van der Waals surface area contributed by atoms with E-state index in [2.05, 4.69) is 6.92 Å². The van der Waals surface area contributed by atoms with Crippen molar-refractivity contribution in [1.82, 2.24) is 0 Å². The number of aryl methyl sites for hydroxylation is 1. The number of carbonyl (C=O) groups is 2. The Morgan fingerprint density at radius 1 is 0.971 bits per heavy atom. The molecule has 6 heteroatoms. The molecule has 0 aromatic heterocycles. The highest BCUT2D eigenvalue weighted by molar-refractivity contribution is 6.51. The molecule has 0 aliphatic carbocycles. The van der Waals surface area contributed by atoms with Crippen LogP contribution in [0.3, 0.4) is 0 Å². The molecule has 5 nitrogen and oxygen atoms in total. The Morgan fingerprint density at radius 2 is 1.66 bits per heavy atom. The number of ketones is 1. The molecule has 35 heavy (non-hydrogen) atoms. The van der Waals surface area contributed by atoms with Crippen molar-refractivity contribution in [2.45, 2.75) is 39.2 Å². The molecule has 3 aromatic carbocycles. The largest absolute Gasteiger partial charge is 0.507 e. The second-order valence-electron chi connectivity index (χ2n) is 8.61. The Labute approximate surface area is 204 Å². The second-order valence-corrected chi connectivity index (χ2v) is 8.61. The van der Waals surface area contributed by atoms with E-state index < -0.39 is 23.5 Å². The van der Waals surface area contributed by atoms with Gasteiger partial charge in [0.25, 0.3) is 11.7 Å². The normalized spacial score (nSPS) is 17.1. The minimum atomic E-state index is -1.11. The third-order valence-electron chi connectivity index (χ3n) is 6.10. The zero-order valence-corrected chi connectivity index (χ0v) is 19.8. The van der Waals surface area contributed by atoms with Gasteiger partial charge in [-0.15, -0.1) is 0 Å². The maximum absolute atomic E-state index is 14.9.